The molecule has 1 aromatic carbocycles. The SMILES string of the molecule is CC(NC(=O)c1ccnnc1)c1ccc(C#CCO)cc1. The summed E-state index contributed by atoms with van der Waals surface area (Å²) in [5.74, 6) is 5.22. The van der Waals surface area contributed by atoms with Gasteiger partial charge in [-0.1, -0.05) is 24.0 Å². The molecule has 1 aromatic heterocycles. The third-order valence-electron chi connectivity index (χ3n) is 2.92. The van der Waals surface area contributed by atoms with Gasteiger partial charge in [0, 0.05) is 5.56 Å². The molecule has 0 saturated heterocycles. The summed E-state index contributed by atoms with van der Waals surface area (Å²) in [5.41, 5.74) is 2.27. The normalized spacial score (nSPS) is 11.1. The number of aliphatic hydroxyl groups excluding tert-OH is 1. The van der Waals surface area contributed by atoms with Crippen LogP contribution in [0.1, 0.15) is 34.5 Å². The van der Waals surface area contributed by atoms with Crippen molar-refractivity contribution in [2.75, 3.05) is 6.61 Å². The standard InChI is InChI=1S/C16H15N3O2/c1-12(19-16(21)15-8-9-17-18-11-15)14-6-4-13(5-7-14)3-2-10-20/h4-9,11-12,20H,10H2,1H3,(H,19,21). The maximum absolute atomic E-state index is 12.0. The number of nitrogens with zero attached hydrogens (tertiary/aromatic N) is 2. The first-order chi connectivity index (χ1) is 10.2. The van der Waals surface area contributed by atoms with E-state index in [1.807, 2.05) is 31.2 Å². The topological polar surface area (TPSA) is 75.1 Å². The van der Waals surface area contributed by atoms with Gasteiger partial charge in [0.2, 0.25) is 0 Å². The average molecular weight is 281 g/mol. The van der Waals surface area contributed by atoms with Crippen LogP contribution in [-0.2, 0) is 0 Å². The molecule has 0 aliphatic heterocycles. The van der Waals surface area contributed by atoms with E-state index in [0.29, 0.717) is 5.56 Å². The molecule has 0 spiro atoms. The maximum Gasteiger partial charge on any atom is 0.253 e. The Labute approximate surface area is 123 Å². The fraction of sp³-hybridized carbons (Fsp3) is 0.188. The van der Waals surface area contributed by atoms with Crippen LogP contribution in [0.25, 0.3) is 0 Å². The summed E-state index contributed by atoms with van der Waals surface area (Å²) in [5, 5.41) is 18.9. The minimum Gasteiger partial charge on any atom is -0.384 e. The highest BCUT2D eigenvalue weighted by Gasteiger charge is 2.11. The molecule has 0 aliphatic rings. The Morgan fingerprint density at radius 3 is 2.67 bits per heavy atom. The third kappa shape index (κ3) is 4.13. The molecule has 1 unspecified atom stereocenters. The molecular formula is C16H15N3O2. The molecule has 0 aliphatic carbocycles. The number of nitrogens with one attached hydrogen (secondary N) is 1. The molecular weight excluding hydrogens is 266 g/mol. The van der Waals surface area contributed by atoms with Crippen molar-refractivity contribution in [3.8, 4) is 11.8 Å². The molecule has 21 heavy (non-hydrogen) atoms. The number of benzene rings is 1. The van der Waals surface area contributed by atoms with Crippen LogP contribution in [0, 0.1) is 11.8 Å². The maximum atomic E-state index is 12.0. The molecule has 0 radical (unpaired) electrons. The van der Waals surface area contributed by atoms with E-state index in [9.17, 15) is 4.79 Å². The summed E-state index contributed by atoms with van der Waals surface area (Å²) in [4.78, 5) is 12.0. The second kappa shape index (κ2) is 7.17. The summed E-state index contributed by atoms with van der Waals surface area (Å²) in [6, 6.07) is 8.99. The van der Waals surface area contributed by atoms with Gasteiger partial charge in [0.05, 0.1) is 24.0 Å². The van der Waals surface area contributed by atoms with Gasteiger partial charge in [-0.25, -0.2) is 0 Å². The first-order valence-corrected chi connectivity index (χ1v) is 6.48. The van der Waals surface area contributed by atoms with Crippen molar-refractivity contribution in [1.82, 2.24) is 15.5 Å². The Kier molecular flexibility index (Phi) is 5.02. The molecule has 2 rings (SSSR count). The molecule has 5 nitrogen and oxygen atoms in total. The molecule has 106 valence electrons. The number of aliphatic hydroxyl groups is 1. The van der Waals surface area contributed by atoms with Crippen molar-refractivity contribution in [1.29, 1.82) is 0 Å². The minimum atomic E-state index is -0.193. The third-order valence-corrected chi connectivity index (χ3v) is 2.92. The van der Waals surface area contributed by atoms with Gasteiger partial charge in [-0.15, -0.1) is 0 Å². The van der Waals surface area contributed by atoms with Crippen LogP contribution in [0.2, 0.25) is 0 Å². The van der Waals surface area contributed by atoms with Crippen molar-refractivity contribution in [3.63, 3.8) is 0 Å². The van der Waals surface area contributed by atoms with Crippen LogP contribution in [0.4, 0.5) is 0 Å². The van der Waals surface area contributed by atoms with Crippen molar-refractivity contribution < 1.29 is 9.90 Å². The second-order valence-electron chi connectivity index (χ2n) is 4.41. The predicted molar refractivity (Wildman–Crippen MR) is 78.3 cm³/mol. The zero-order valence-electron chi connectivity index (χ0n) is 11.6. The Morgan fingerprint density at radius 2 is 2.05 bits per heavy atom. The lowest BCUT2D eigenvalue weighted by Crippen LogP contribution is -2.26. The quantitative estimate of drug-likeness (QED) is 0.832. The fourth-order valence-corrected chi connectivity index (χ4v) is 1.79. The molecule has 2 N–H and O–H groups in total. The van der Waals surface area contributed by atoms with E-state index in [4.69, 9.17) is 5.11 Å². The number of amides is 1. The largest absolute Gasteiger partial charge is 0.384 e. The number of carbonyl (C=O) groups excluding carboxylic acids is 1. The van der Waals surface area contributed by atoms with Crippen LogP contribution >= 0.6 is 0 Å². The van der Waals surface area contributed by atoms with E-state index in [2.05, 4.69) is 27.4 Å². The fourth-order valence-electron chi connectivity index (χ4n) is 1.79. The van der Waals surface area contributed by atoms with Gasteiger partial charge >= 0.3 is 0 Å². The van der Waals surface area contributed by atoms with Crippen LogP contribution in [0.15, 0.2) is 42.7 Å². The van der Waals surface area contributed by atoms with Crippen molar-refractivity contribution >= 4 is 5.91 Å². The first kappa shape index (κ1) is 14.7. The molecule has 1 heterocycles. The summed E-state index contributed by atoms with van der Waals surface area (Å²) in [6.45, 7) is 1.75. The predicted octanol–water partition coefficient (Wildman–Crippen LogP) is 1.31. The van der Waals surface area contributed by atoms with E-state index in [-0.39, 0.29) is 18.6 Å². The highest BCUT2D eigenvalue weighted by molar-refractivity contribution is 5.93. The molecule has 0 fully saturated rings. The number of hydrogen-bond donors (Lipinski definition) is 2. The molecule has 0 bridgehead atoms. The molecule has 1 amide bonds. The highest BCUT2D eigenvalue weighted by Crippen LogP contribution is 2.13. The molecule has 0 saturated carbocycles. The minimum absolute atomic E-state index is 0.134. The summed E-state index contributed by atoms with van der Waals surface area (Å²) in [6.07, 6.45) is 2.91. The smallest absolute Gasteiger partial charge is 0.253 e. The van der Waals surface area contributed by atoms with Gasteiger partial charge in [0.1, 0.15) is 6.61 Å². The zero-order chi connectivity index (χ0) is 15.1. The van der Waals surface area contributed by atoms with Crippen LogP contribution in [-0.4, -0.2) is 27.8 Å². The van der Waals surface area contributed by atoms with E-state index < -0.39 is 0 Å². The van der Waals surface area contributed by atoms with Crippen LogP contribution < -0.4 is 5.32 Å². The lowest BCUT2D eigenvalue weighted by molar-refractivity contribution is 0.0939. The monoisotopic (exact) mass is 281 g/mol. The summed E-state index contributed by atoms with van der Waals surface area (Å²) >= 11 is 0. The average Bonchev–Trinajstić information content (AvgIpc) is 2.54. The van der Waals surface area contributed by atoms with E-state index in [1.54, 1.807) is 6.07 Å². The van der Waals surface area contributed by atoms with Gasteiger partial charge in [-0.2, -0.15) is 10.2 Å². The first-order valence-electron chi connectivity index (χ1n) is 6.48. The summed E-state index contributed by atoms with van der Waals surface area (Å²) < 4.78 is 0. The number of aromatic nitrogens is 2. The van der Waals surface area contributed by atoms with E-state index in [0.717, 1.165) is 11.1 Å². The van der Waals surface area contributed by atoms with Gasteiger partial charge in [0.15, 0.2) is 0 Å². The molecule has 5 heteroatoms. The van der Waals surface area contributed by atoms with Gasteiger partial charge in [0.25, 0.3) is 5.91 Å². The molecule has 2 aromatic rings. The second-order valence-corrected chi connectivity index (χ2v) is 4.41. The molecule has 1 atom stereocenters. The van der Waals surface area contributed by atoms with Crippen molar-refractivity contribution in [3.05, 3.63) is 59.4 Å². The van der Waals surface area contributed by atoms with Crippen molar-refractivity contribution in [2.45, 2.75) is 13.0 Å². The number of carbonyl (C=O) groups is 1. The van der Waals surface area contributed by atoms with E-state index >= 15 is 0 Å². The van der Waals surface area contributed by atoms with Gasteiger partial charge in [-0.3, -0.25) is 4.79 Å². The van der Waals surface area contributed by atoms with Crippen LogP contribution in [0.3, 0.4) is 0 Å². The van der Waals surface area contributed by atoms with E-state index in [1.165, 1.54) is 12.4 Å². The Hall–Kier alpha value is -2.71. The van der Waals surface area contributed by atoms with Crippen LogP contribution in [0.5, 0.6) is 0 Å². The Morgan fingerprint density at radius 1 is 1.29 bits per heavy atom. The number of rotatable bonds is 3. The summed E-state index contributed by atoms with van der Waals surface area (Å²) in [7, 11) is 0. The zero-order valence-corrected chi connectivity index (χ0v) is 11.6. The highest BCUT2D eigenvalue weighted by atomic mass is 16.2. The van der Waals surface area contributed by atoms with Gasteiger partial charge < -0.3 is 10.4 Å². The Bertz CT molecular complexity index is 657. The number of hydrogen-bond acceptors (Lipinski definition) is 4. The lowest BCUT2D eigenvalue weighted by atomic mass is 10.1. The van der Waals surface area contributed by atoms with Gasteiger partial charge in [-0.05, 0) is 30.7 Å². The Balaban J connectivity index is 2.03. The lowest BCUT2D eigenvalue weighted by Gasteiger charge is -2.14. The van der Waals surface area contributed by atoms with Crippen molar-refractivity contribution in [2.24, 2.45) is 0 Å².